The van der Waals surface area contributed by atoms with E-state index in [0.29, 0.717) is 27.4 Å². The number of fused-ring (bicyclic) bond motifs is 1. The lowest BCUT2D eigenvalue weighted by Gasteiger charge is -2.15. The summed E-state index contributed by atoms with van der Waals surface area (Å²) in [5, 5.41) is 3.07. The number of methoxy groups -OCH3 is 1. The summed E-state index contributed by atoms with van der Waals surface area (Å²) >= 11 is 5.99. The molecule has 5 nitrogen and oxygen atoms in total. The predicted molar refractivity (Wildman–Crippen MR) is 119 cm³/mol. The maximum atomic E-state index is 13.5. The largest absolute Gasteiger partial charge is 0.497 e. The third-order valence-corrected chi connectivity index (χ3v) is 5.11. The van der Waals surface area contributed by atoms with Crippen molar-refractivity contribution < 1.29 is 17.9 Å². The maximum absolute atomic E-state index is 13.5. The Morgan fingerprint density at radius 2 is 1.69 bits per heavy atom. The van der Waals surface area contributed by atoms with E-state index in [-0.39, 0.29) is 22.5 Å². The molecule has 0 saturated carbocycles. The summed E-state index contributed by atoms with van der Waals surface area (Å²) in [7, 11) is 1.54. The van der Waals surface area contributed by atoms with E-state index in [4.69, 9.17) is 16.3 Å². The standard InChI is InChI=1S/C23H17ClF3N3O2/c1-32-17-9-7-16(8-10-17)30-12-14-4-11-18(29-22(27)21(25)26)28-20(14)19(23(30)31)13-2-5-15(24)6-3-13/h2-12,21-22H,1H3,(H,28,29). The number of anilines is 1. The summed E-state index contributed by atoms with van der Waals surface area (Å²) < 4.78 is 45.4. The van der Waals surface area contributed by atoms with Gasteiger partial charge < -0.3 is 10.1 Å². The molecule has 2 aromatic heterocycles. The lowest BCUT2D eigenvalue weighted by atomic mass is 10.0. The zero-order valence-electron chi connectivity index (χ0n) is 16.7. The van der Waals surface area contributed by atoms with Crippen molar-refractivity contribution >= 4 is 28.3 Å². The van der Waals surface area contributed by atoms with Crippen LogP contribution < -0.4 is 15.6 Å². The van der Waals surface area contributed by atoms with Crippen molar-refractivity contribution in [2.45, 2.75) is 12.7 Å². The number of nitrogens with zero attached hydrogens (tertiary/aromatic N) is 2. The average molecular weight is 460 g/mol. The fourth-order valence-corrected chi connectivity index (χ4v) is 3.42. The molecule has 1 unspecified atom stereocenters. The SMILES string of the molecule is COc1ccc(-n2cc3ccc(NC(F)C(F)F)nc3c(-c3ccc(Cl)cc3)c2=O)cc1. The Hall–Kier alpha value is -3.52. The fraction of sp³-hybridized carbons (Fsp3) is 0.130. The van der Waals surface area contributed by atoms with Crippen LogP contribution in [0.5, 0.6) is 5.75 Å². The summed E-state index contributed by atoms with van der Waals surface area (Å²) in [5.41, 5.74) is 1.21. The number of hydrogen-bond donors (Lipinski definition) is 1. The summed E-state index contributed by atoms with van der Waals surface area (Å²) in [6.07, 6.45) is -4.21. The van der Waals surface area contributed by atoms with Crippen LogP contribution in [0.15, 0.2) is 71.7 Å². The average Bonchev–Trinajstić information content (AvgIpc) is 2.79. The van der Waals surface area contributed by atoms with Gasteiger partial charge in [-0.2, -0.15) is 0 Å². The molecule has 4 rings (SSSR count). The Bertz CT molecular complexity index is 1310. The second kappa shape index (κ2) is 8.92. The molecular weight excluding hydrogens is 443 g/mol. The second-order valence-corrected chi connectivity index (χ2v) is 7.34. The van der Waals surface area contributed by atoms with E-state index in [9.17, 15) is 18.0 Å². The van der Waals surface area contributed by atoms with Crippen molar-refractivity contribution in [3.63, 3.8) is 0 Å². The molecule has 0 bridgehead atoms. The Morgan fingerprint density at radius 3 is 2.31 bits per heavy atom. The Kier molecular flexibility index (Phi) is 6.05. The third kappa shape index (κ3) is 4.27. The van der Waals surface area contributed by atoms with Gasteiger partial charge in [-0.15, -0.1) is 0 Å². The van der Waals surface area contributed by atoms with Gasteiger partial charge in [0.15, 0.2) is 0 Å². The number of rotatable bonds is 6. The van der Waals surface area contributed by atoms with E-state index in [1.807, 2.05) is 5.32 Å². The lowest BCUT2D eigenvalue weighted by molar-refractivity contribution is 0.0649. The van der Waals surface area contributed by atoms with Gasteiger partial charge in [-0.25, -0.2) is 18.2 Å². The number of ether oxygens (including phenoxy) is 1. The van der Waals surface area contributed by atoms with Crippen molar-refractivity contribution in [1.82, 2.24) is 9.55 Å². The van der Waals surface area contributed by atoms with Crippen LogP contribution in [0.4, 0.5) is 19.0 Å². The first-order valence-electron chi connectivity index (χ1n) is 9.53. The highest BCUT2D eigenvalue weighted by atomic mass is 35.5. The van der Waals surface area contributed by atoms with Gasteiger partial charge in [0.2, 0.25) is 6.30 Å². The molecule has 32 heavy (non-hydrogen) atoms. The number of hydrogen-bond acceptors (Lipinski definition) is 4. The third-order valence-electron chi connectivity index (χ3n) is 4.85. The minimum absolute atomic E-state index is 0.109. The molecule has 164 valence electrons. The molecule has 0 radical (unpaired) electrons. The summed E-state index contributed by atoms with van der Waals surface area (Å²) in [6, 6.07) is 16.5. The predicted octanol–water partition coefficient (Wildman–Crippen LogP) is 5.69. The number of alkyl halides is 3. The van der Waals surface area contributed by atoms with Gasteiger partial charge in [0.25, 0.3) is 12.0 Å². The van der Waals surface area contributed by atoms with Gasteiger partial charge in [-0.3, -0.25) is 9.36 Å². The van der Waals surface area contributed by atoms with Crippen LogP contribution in [-0.2, 0) is 0 Å². The lowest BCUT2D eigenvalue weighted by Crippen LogP contribution is -2.23. The van der Waals surface area contributed by atoms with Gasteiger partial charge in [0.1, 0.15) is 11.6 Å². The normalized spacial score (nSPS) is 12.2. The van der Waals surface area contributed by atoms with Crippen LogP contribution in [0, 0.1) is 0 Å². The molecule has 0 aliphatic carbocycles. The molecule has 0 spiro atoms. The van der Waals surface area contributed by atoms with Crippen molar-refractivity contribution in [3.8, 4) is 22.6 Å². The van der Waals surface area contributed by atoms with Gasteiger partial charge in [-0.1, -0.05) is 23.7 Å². The number of halogens is 4. The van der Waals surface area contributed by atoms with Crippen LogP contribution in [-0.4, -0.2) is 29.4 Å². The number of pyridine rings is 2. The zero-order valence-corrected chi connectivity index (χ0v) is 17.5. The number of benzene rings is 2. The highest BCUT2D eigenvalue weighted by molar-refractivity contribution is 6.30. The first-order valence-corrected chi connectivity index (χ1v) is 9.90. The smallest absolute Gasteiger partial charge is 0.287 e. The molecule has 2 heterocycles. The van der Waals surface area contributed by atoms with E-state index in [1.165, 1.54) is 10.6 Å². The number of nitrogens with one attached hydrogen (secondary N) is 1. The topological polar surface area (TPSA) is 56.1 Å². The van der Waals surface area contributed by atoms with E-state index >= 15 is 0 Å². The van der Waals surface area contributed by atoms with Crippen molar-refractivity contribution in [1.29, 1.82) is 0 Å². The van der Waals surface area contributed by atoms with E-state index < -0.39 is 12.7 Å². The molecule has 0 aliphatic heterocycles. The first kappa shape index (κ1) is 21.7. The van der Waals surface area contributed by atoms with Gasteiger partial charge in [-0.05, 0) is 54.1 Å². The summed E-state index contributed by atoms with van der Waals surface area (Å²) in [6.45, 7) is 0. The van der Waals surface area contributed by atoms with Crippen LogP contribution in [0.2, 0.25) is 5.02 Å². The summed E-state index contributed by atoms with van der Waals surface area (Å²) in [5.74, 6) is 0.528. The zero-order chi connectivity index (χ0) is 22.8. The quantitative estimate of drug-likeness (QED) is 0.376. The van der Waals surface area contributed by atoms with Crippen molar-refractivity contribution in [3.05, 3.63) is 82.2 Å². The second-order valence-electron chi connectivity index (χ2n) is 6.90. The first-order chi connectivity index (χ1) is 15.4. The van der Waals surface area contributed by atoms with Gasteiger partial charge in [0.05, 0.1) is 18.2 Å². The van der Waals surface area contributed by atoms with Crippen LogP contribution in [0.3, 0.4) is 0 Å². The Balaban J connectivity index is 1.95. The van der Waals surface area contributed by atoms with E-state index in [0.717, 1.165) is 0 Å². The molecule has 9 heteroatoms. The van der Waals surface area contributed by atoms with Crippen molar-refractivity contribution in [2.75, 3.05) is 12.4 Å². The maximum Gasteiger partial charge on any atom is 0.287 e. The highest BCUT2D eigenvalue weighted by Crippen LogP contribution is 2.28. The minimum Gasteiger partial charge on any atom is -0.497 e. The van der Waals surface area contributed by atoms with Crippen LogP contribution >= 0.6 is 11.6 Å². The highest BCUT2D eigenvalue weighted by Gasteiger charge is 2.20. The molecule has 4 aromatic rings. The summed E-state index contributed by atoms with van der Waals surface area (Å²) in [4.78, 5) is 17.8. The monoisotopic (exact) mass is 459 g/mol. The van der Waals surface area contributed by atoms with Crippen LogP contribution in [0.1, 0.15) is 0 Å². The van der Waals surface area contributed by atoms with Crippen LogP contribution in [0.25, 0.3) is 27.7 Å². The molecule has 0 saturated heterocycles. The molecule has 1 atom stereocenters. The van der Waals surface area contributed by atoms with Crippen molar-refractivity contribution in [2.24, 2.45) is 0 Å². The Morgan fingerprint density at radius 1 is 1.00 bits per heavy atom. The van der Waals surface area contributed by atoms with E-state index in [1.54, 1.807) is 67.9 Å². The molecular formula is C23H17ClF3N3O2. The fourth-order valence-electron chi connectivity index (χ4n) is 3.29. The van der Waals surface area contributed by atoms with E-state index in [2.05, 4.69) is 4.98 Å². The molecule has 1 N–H and O–H groups in total. The van der Waals surface area contributed by atoms with Gasteiger partial charge in [0, 0.05) is 22.3 Å². The molecule has 0 aliphatic rings. The minimum atomic E-state index is -3.22. The molecule has 0 amide bonds. The number of aromatic nitrogens is 2. The molecule has 2 aromatic carbocycles. The molecule has 0 fully saturated rings. The van der Waals surface area contributed by atoms with Gasteiger partial charge >= 0.3 is 0 Å². The Labute approximate surface area is 186 Å².